The number of alkyl halides is 3. The molecule has 2 aromatic rings. The summed E-state index contributed by atoms with van der Waals surface area (Å²) in [4.78, 5) is 42.9. The van der Waals surface area contributed by atoms with Gasteiger partial charge in [0.25, 0.3) is 11.8 Å². The van der Waals surface area contributed by atoms with Crippen LogP contribution >= 0.6 is 0 Å². The summed E-state index contributed by atoms with van der Waals surface area (Å²) < 4.78 is 45.6. The van der Waals surface area contributed by atoms with Gasteiger partial charge in [-0.25, -0.2) is 9.69 Å². The second kappa shape index (κ2) is 13.7. The molecule has 1 fully saturated rings. The van der Waals surface area contributed by atoms with Gasteiger partial charge in [0, 0.05) is 37.3 Å². The lowest BCUT2D eigenvalue weighted by Gasteiger charge is -2.34. The molecule has 0 saturated carbocycles. The SMILES string of the molecule is CC1=C(CCCCCCN2CCN(C(=O)OCc3ccccc3)CC2)C(=O)N(c2ccc(C#N)c(C(F)(F)F)c2)C1=O. The molecule has 2 aliphatic heterocycles. The van der Waals surface area contributed by atoms with Crippen molar-refractivity contribution in [1.29, 1.82) is 5.26 Å². The van der Waals surface area contributed by atoms with Crippen molar-refractivity contribution in [3.05, 3.63) is 76.4 Å². The number of nitriles is 1. The van der Waals surface area contributed by atoms with Crippen LogP contribution in [0.25, 0.3) is 0 Å². The molecule has 0 spiro atoms. The minimum Gasteiger partial charge on any atom is -0.445 e. The predicted octanol–water partition coefficient (Wildman–Crippen LogP) is 5.67. The van der Waals surface area contributed by atoms with Gasteiger partial charge in [-0.1, -0.05) is 43.2 Å². The number of ether oxygens (including phenoxy) is 1. The number of benzene rings is 2. The molecule has 222 valence electrons. The van der Waals surface area contributed by atoms with Crippen LogP contribution in [-0.2, 0) is 27.1 Å². The molecule has 0 radical (unpaired) electrons. The van der Waals surface area contributed by atoms with E-state index in [0.717, 1.165) is 55.4 Å². The molecule has 11 heteroatoms. The van der Waals surface area contributed by atoms with Gasteiger partial charge in [-0.3, -0.25) is 14.5 Å². The first-order valence-corrected chi connectivity index (χ1v) is 14.0. The molecule has 1 saturated heterocycles. The Morgan fingerprint density at radius 1 is 0.952 bits per heavy atom. The predicted molar refractivity (Wildman–Crippen MR) is 149 cm³/mol. The van der Waals surface area contributed by atoms with E-state index in [4.69, 9.17) is 10.00 Å². The van der Waals surface area contributed by atoms with Crippen LogP contribution < -0.4 is 4.90 Å². The lowest BCUT2D eigenvalue weighted by atomic mass is 10.0. The highest BCUT2D eigenvalue weighted by atomic mass is 19.4. The number of piperazine rings is 1. The third-order valence-electron chi connectivity index (χ3n) is 7.61. The number of hydrogen-bond donors (Lipinski definition) is 0. The van der Waals surface area contributed by atoms with Gasteiger partial charge in [-0.2, -0.15) is 18.4 Å². The number of rotatable bonds is 10. The minimum absolute atomic E-state index is 0.199. The van der Waals surface area contributed by atoms with Crippen molar-refractivity contribution < 1.29 is 32.3 Å². The van der Waals surface area contributed by atoms with Crippen molar-refractivity contribution in [2.75, 3.05) is 37.6 Å². The van der Waals surface area contributed by atoms with E-state index < -0.39 is 29.1 Å². The number of unbranched alkanes of at least 4 members (excludes halogenated alkanes) is 3. The van der Waals surface area contributed by atoms with E-state index in [0.29, 0.717) is 37.6 Å². The summed E-state index contributed by atoms with van der Waals surface area (Å²) >= 11 is 0. The second-order valence-electron chi connectivity index (χ2n) is 10.4. The molecule has 0 bridgehead atoms. The number of carbonyl (C=O) groups excluding carboxylic acids is 3. The maximum absolute atomic E-state index is 13.4. The summed E-state index contributed by atoms with van der Waals surface area (Å²) in [5, 5.41) is 9.01. The molecule has 3 amide bonds. The number of carbonyl (C=O) groups is 3. The first-order chi connectivity index (χ1) is 20.1. The molecule has 8 nitrogen and oxygen atoms in total. The Bertz CT molecular complexity index is 1380. The zero-order valence-corrected chi connectivity index (χ0v) is 23.5. The summed E-state index contributed by atoms with van der Waals surface area (Å²) in [7, 11) is 0. The summed E-state index contributed by atoms with van der Waals surface area (Å²) in [6.07, 6.45) is -1.37. The van der Waals surface area contributed by atoms with Crippen LogP contribution in [0.1, 0.15) is 55.7 Å². The normalized spacial score (nSPS) is 16.3. The van der Waals surface area contributed by atoms with Gasteiger partial charge in [0.1, 0.15) is 6.61 Å². The lowest BCUT2D eigenvalue weighted by molar-refractivity contribution is -0.138. The molecule has 2 aliphatic rings. The molecule has 0 N–H and O–H groups in total. The Hall–Kier alpha value is -4.17. The number of amides is 3. The quantitative estimate of drug-likeness (QED) is 0.265. The number of hydrogen-bond acceptors (Lipinski definition) is 6. The van der Waals surface area contributed by atoms with Gasteiger partial charge >= 0.3 is 12.3 Å². The maximum atomic E-state index is 13.4. The highest BCUT2D eigenvalue weighted by molar-refractivity contribution is 6.32. The molecule has 42 heavy (non-hydrogen) atoms. The fourth-order valence-corrected chi connectivity index (χ4v) is 5.17. The average Bonchev–Trinajstić information content (AvgIpc) is 3.20. The minimum atomic E-state index is -4.79. The van der Waals surface area contributed by atoms with E-state index >= 15 is 0 Å². The van der Waals surface area contributed by atoms with Gasteiger partial charge in [0.05, 0.1) is 22.9 Å². The van der Waals surface area contributed by atoms with Crippen LogP contribution in [0.5, 0.6) is 0 Å². The van der Waals surface area contributed by atoms with E-state index in [1.54, 1.807) is 4.90 Å². The Balaban J connectivity index is 1.17. The molecule has 0 unspecified atom stereocenters. The summed E-state index contributed by atoms with van der Waals surface area (Å²) in [6.45, 7) is 5.41. The molecular formula is C31H33F3N4O4. The van der Waals surface area contributed by atoms with Gasteiger partial charge < -0.3 is 9.64 Å². The van der Waals surface area contributed by atoms with Crippen LogP contribution in [0.2, 0.25) is 0 Å². The van der Waals surface area contributed by atoms with Gasteiger partial charge in [-0.05, 0) is 56.5 Å². The number of halogens is 3. The molecular weight excluding hydrogens is 549 g/mol. The van der Waals surface area contributed by atoms with E-state index in [-0.39, 0.29) is 24.0 Å². The Labute approximate surface area is 242 Å². The fourth-order valence-electron chi connectivity index (χ4n) is 5.17. The first kappa shape index (κ1) is 30.8. The van der Waals surface area contributed by atoms with Gasteiger partial charge in [-0.15, -0.1) is 0 Å². The zero-order chi connectivity index (χ0) is 30.3. The molecule has 2 heterocycles. The molecule has 4 rings (SSSR count). The molecule has 0 aliphatic carbocycles. The van der Waals surface area contributed by atoms with Crippen LogP contribution in [0.15, 0.2) is 59.7 Å². The molecule has 0 atom stereocenters. The van der Waals surface area contributed by atoms with Crippen LogP contribution in [0, 0.1) is 11.3 Å². The summed E-state index contributed by atoms with van der Waals surface area (Å²) in [5.41, 5.74) is -0.457. The molecule has 2 aromatic carbocycles. The smallest absolute Gasteiger partial charge is 0.417 e. The number of anilines is 1. The first-order valence-electron chi connectivity index (χ1n) is 14.0. The van der Waals surface area contributed by atoms with Crippen molar-refractivity contribution in [3.63, 3.8) is 0 Å². The van der Waals surface area contributed by atoms with E-state index in [2.05, 4.69) is 4.90 Å². The summed E-state index contributed by atoms with van der Waals surface area (Å²) in [6, 6.07) is 13.9. The summed E-state index contributed by atoms with van der Waals surface area (Å²) in [5.74, 6) is -1.26. The zero-order valence-electron chi connectivity index (χ0n) is 23.5. The Morgan fingerprint density at radius 3 is 2.31 bits per heavy atom. The number of imide groups is 1. The van der Waals surface area contributed by atoms with Crippen molar-refractivity contribution in [2.45, 2.75) is 51.8 Å². The lowest BCUT2D eigenvalue weighted by Crippen LogP contribution is -2.48. The van der Waals surface area contributed by atoms with E-state index in [1.165, 1.54) is 19.1 Å². The average molecular weight is 583 g/mol. The Kier molecular flexibility index (Phi) is 10.0. The maximum Gasteiger partial charge on any atom is 0.417 e. The topological polar surface area (TPSA) is 93.9 Å². The van der Waals surface area contributed by atoms with Gasteiger partial charge in [0.2, 0.25) is 0 Å². The highest BCUT2D eigenvalue weighted by Gasteiger charge is 2.39. The molecule has 0 aromatic heterocycles. The third kappa shape index (κ3) is 7.36. The largest absolute Gasteiger partial charge is 0.445 e. The van der Waals surface area contributed by atoms with Crippen LogP contribution in [-0.4, -0.2) is 60.4 Å². The van der Waals surface area contributed by atoms with Crippen LogP contribution in [0.3, 0.4) is 0 Å². The van der Waals surface area contributed by atoms with E-state index in [1.807, 2.05) is 30.3 Å². The second-order valence-corrected chi connectivity index (χ2v) is 10.4. The fraction of sp³-hybridized carbons (Fsp3) is 0.419. The number of nitrogens with zero attached hydrogens (tertiary/aromatic N) is 4. The third-order valence-corrected chi connectivity index (χ3v) is 7.61. The Morgan fingerprint density at radius 2 is 1.64 bits per heavy atom. The van der Waals surface area contributed by atoms with Gasteiger partial charge in [0.15, 0.2) is 0 Å². The van der Waals surface area contributed by atoms with Crippen LogP contribution in [0.4, 0.5) is 23.7 Å². The van der Waals surface area contributed by atoms with Crippen molar-refractivity contribution in [2.24, 2.45) is 0 Å². The highest BCUT2D eigenvalue weighted by Crippen LogP contribution is 2.37. The standard InChI is InChI=1S/C31H33F3N4O4/c1-22-26(29(40)38(28(22)39)25-13-12-24(20-35)27(19-25)31(32,33)34)11-7-2-3-8-14-36-15-17-37(18-16-36)30(41)42-21-23-9-5-4-6-10-23/h4-6,9-10,12-13,19H,2-3,7-8,11,14-18,21H2,1H3. The van der Waals surface area contributed by atoms with Crippen molar-refractivity contribution in [3.8, 4) is 6.07 Å². The monoisotopic (exact) mass is 582 g/mol. The van der Waals surface area contributed by atoms with E-state index in [9.17, 15) is 27.6 Å². The van der Waals surface area contributed by atoms with Crippen molar-refractivity contribution >= 4 is 23.6 Å². The van der Waals surface area contributed by atoms with Crippen molar-refractivity contribution in [1.82, 2.24) is 9.80 Å².